The van der Waals surface area contributed by atoms with Crippen molar-refractivity contribution in [1.82, 2.24) is 10.2 Å². The number of nitrogens with zero attached hydrogens (tertiary/aromatic N) is 1. The van der Waals surface area contributed by atoms with E-state index in [0.29, 0.717) is 0 Å². The molecular formula is C17H30N2. The fraction of sp³-hybridized carbons (Fsp3) is 0.647. The summed E-state index contributed by atoms with van der Waals surface area (Å²) >= 11 is 0. The van der Waals surface area contributed by atoms with Crippen molar-refractivity contribution in [3.63, 3.8) is 0 Å². The maximum absolute atomic E-state index is 3.54. The van der Waals surface area contributed by atoms with Gasteiger partial charge in [0.15, 0.2) is 0 Å². The van der Waals surface area contributed by atoms with Gasteiger partial charge < -0.3 is 10.2 Å². The minimum Gasteiger partial charge on any atom is -0.308 e. The highest BCUT2D eigenvalue weighted by Crippen LogP contribution is 2.10. The number of unbranched alkanes of at least 4 members (excludes halogenated alkanes) is 1. The van der Waals surface area contributed by atoms with Crippen LogP contribution in [0.4, 0.5) is 0 Å². The minimum absolute atomic E-state index is 0.175. The van der Waals surface area contributed by atoms with Gasteiger partial charge in [-0.3, -0.25) is 0 Å². The normalized spacial score (nSPS) is 12.1. The summed E-state index contributed by atoms with van der Waals surface area (Å²) in [5, 5.41) is 3.54. The average molecular weight is 262 g/mol. The fourth-order valence-corrected chi connectivity index (χ4v) is 2.02. The molecule has 0 radical (unpaired) electrons. The third-order valence-electron chi connectivity index (χ3n) is 3.16. The van der Waals surface area contributed by atoms with E-state index in [1.165, 1.54) is 30.5 Å². The lowest BCUT2D eigenvalue weighted by Crippen LogP contribution is -2.35. The lowest BCUT2D eigenvalue weighted by atomic mass is 10.1. The molecule has 0 aliphatic rings. The summed E-state index contributed by atoms with van der Waals surface area (Å²) in [6.07, 6.45) is 2.54. The molecule has 0 heterocycles. The van der Waals surface area contributed by atoms with Crippen molar-refractivity contribution < 1.29 is 0 Å². The Morgan fingerprint density at radius 1 is 1.16 bits per heavy atom. The number of rotatable bonds is 7. The molecule has 0 bridgehead atoms. The highest BCUT2D eigenvalue weighted by atomic mass is 15.1. The molecule has 1 N–H and O–H groups in total. The van der Waals surface area contributed by atoms with E-state index in [0.717, 1.165) is 13.1 Å². The Bertz CT molecular complexity index is 366. The van der Waals surface area contributed by atoms with Gasteiger partial charge in [-0.25, -0.2) is 0 Å². The first kappa shape index (κ1) is 16.2. The standard InChI is InChI=1S/C17H30N2/c1-6-7-11-19(5)14-16-10-8-9-15(12-16)13-18-17(2,3)4/h8-10,12,18H,6-7,11,13-14H2,1-5H3. The monoisotopic (exact) mass is 262 g/mol. The van der Waals surface area contributed by atoms with Gasteiger partial charge in [0, 0.05) is 18.6 Å². The molecule has 1 rings (SSSR count). The number of benzene rings is 1. The highest BCUT2D eigenvalue weighted by molar-refractivity contribution is 5.23. The Kier molecular flexibility index (Phi) is 6.53. The van der Waals surface area contributed by atoms with Crippen LogP contribution in [0, 0.1) is 0 Å². The Balaban J connectivity index is 2.52. The van der Waals surface area contributed by atoms with Gasteiger partial charge in [0.25, 0.3) is 0 Å². The maximum Gasteiger partial charge on any atom is 0.0230 e. The van der Waals surface area contributed by atoms with E-state index < -0.39 is 0 Å². The highest BCUT2D eigenvalue weighted by Gasteiger charge is 2.08. The molecule has 0 atom stereocenters. The summed E-state index contributed by atoms with van der Waals surface area (Å²) in [5.41, 5.74) is 2.96. The van der Waals surface area contributed by atoms with Gasteiger partial charge in [0.05, 0.1) is 0 Å². The molecule has 0 unspecified atom stereocenters. The molecule has 0 fully saturated rings. The number of nitrogens with one attached hydrogen (secondary N) is 1. The maximum atomic E-state index is 3.54. The van der Waals surface area contributed by atoms with E-state index in [2.05, 4.69) is 69.2 Å². The second-order valence-electron chi connectivity index (χ2n) is 6.51. The number of hydrogen-bond acceptors (Lipinski definition) is 2. The van der Waals surface area contributed by atoms with E-state index >= 15 is 0 Å². The van der Waals surface area contributed by atoms with Gasteiger partial charge >= 0.3 is 0 Å². The molecule has 2 heteroatoms. The van der Waals surface area contributed by atoms with Crippen molar-refractivity contribution >= 4 is 0 Å². The molecule has 0 amide bonds. The van der Waals surface area contributed by atoms with E-state index in [-0.39, 0.29) is 5.54 Å². The predicted molar refractivity (Wildman–Crippen MR) is 84.3 cm³/mol. The van der Waals surface area contributed by atoms with Crippen LogP contribution in [0.15, 0.2) is 24.3 Å². The molecule has 19 heavy (non-hydrogen) atoms. The Morgan fingerprint density at radius 3 is 2.47 bits per heavy atom. The van der Waals surface area contributed by atoms with Crippen LogP contribution in [0.5, 0.6) is 0 Å². The quantitative estimate of drug-likeness (QED) is 0.804. The van der Waals surface area contributed by atoms with Crippen molar-refractivity contribution in [1.29, 1.82) is 0 Å². The Hall–Kier alpha value is -0.860. The summed E-state index contributed by atoms with van der Waals surface area (Å²) in [4.78, 5) is 2.40. The van der Waals surface area contributed by atoms with Gasteiger partial charge in [-0.1, -0.05) is 37.6 Å². The predicted octanol–water partition coefficient (Wildman–Crippen LogP) is 3.81. The summed E-state index contributed by atoms with van der Waals surface area (Å²) in [6, 6.07) is 8.92. The summed E-state index contributed by atoms with van der Waals surface area (Å²) in [6.45, 7) is 12.0. The largest absolute Gasteiger partial charge is 0.308 e. The van der Waals surface area contributed by atoms with Crippen molar-refractivity contribution in [2.45, 2.75) is 59.2 Å². The first-order valence-corrected chi connectivity index (χ1v) is 7.42. The molecule has 1 aromatic carbocycles. The van der Waals surface area contributed by atoms with Crippen LogP contribution >= 0.6 is 0 Å². The van der Waals surface area contributed by atoms with E-state index in [1.54, 1.807) is 0 Å². The van der Waals surface area contributed by atoms with Crippen molar-refractivity contribution in [3.8, 4) is 0 Å². The van der Waals surface area contributed by atoms with Gasteiger partial charge in [0.1, 0.15) is 0 Å². The fourth-order valence-electron chi connectivity index (χ4n) is 2.02. The molecule has 0 spiro atoms. The Morgan fingerprint density at radius 2 is 1.84 bits per heavy atom. The van der Waals surface area contributed by atoms with Crippen LogP contribution in [-0.4, -0.2) is 24.0 Å². The first-order valence-electron chi connectivity index (χ1n) is 7.42. The van der Waals surface area contributed by atoms with Crippen LogP contribution in [0.1, 0.15) is 51.7 Å². The van der Waals surface area contributed by atoms with Gasteiger partial charge in [0.2, 0.25) is 0 Å². The zero-order chi connectivity index (χ0) is 14.3. The number of hydrogen-bond donors (Lipinski definition) is 1. The summed E-state index contributed by atoms with van der Waals surface area (Å²) in [5.74, 6) is 0. The molecule has 0 saturated carbocycles. The SMILES string of the molecule is CCCCN(C)Cc1cccc(CNC(C)(C)C)c1. The lowest BCUT2D eigenvalue weighted by molar-refractivity contribution is 0.320. The second-order valence-corrected chi connectivity index (χ2v) is 6.51. The van der Waals surface area contributed by atoms with E-state index in [9.17, 15) is 0 Å². The van der Waals surface area contributed by atoms with Crippen LogP contribution < -0.4 is 5.32 Å². The van der Waals surface area contributed by atoms with Gasteiger partial charge in [-0.05, 0) is 51.9 Å². The first-order chi connectivity index (χ1) is 8.90. The van der Waals surface area contributed by atoms with Crippen LogP contribution in [0.25, 0.3) is 0 Å². The molecule has 0 aliphatic heterocycles. The van der Waals surface area contributed by atoms with E-state index in [4.69, 9.17) is 0 Å². The van der Waals surface area contributed by atoms with Crippen LogP contribution in [0.3, 0.4) is 0 Å². The smallest absolute Gasteiger partial charge is 0.0230 e. The molecule has 2 nitrogen and oxygen atoms in total. The molecule has 1 aromatic rings. The third-order valence-corrected chi connectivity index (χ3v) is 3.16. The summed E-state index contributed by atoms with van der Waals surface area (Å²) < 4.78 is 0. The third kappa shape index (κ3) is 7.34. The zero-order valence-electron chi connectivity index (χ0n) is 13.3. The average Bonchev–Trinajstić information content (AvgIpc) is 2.33. The topological polar surface area (TPSA) is 15.3 Å². The zero-order valence-corrected chi connectivity index (χ0v) is 13.3. The molecule has 0 aliphatic carbocycles. The van der Waals surface area contributed by atoms with Crippen LogP contribution in [-0.2, 0) is 13.1 Å². The van der Waals surface area contributed by atoms with Crippen molar-refractivity contribution in [2.75, 3.05) is 13.6 Å². The minimum atomic E-state index is 0.175. The van der Waals surface area contributed by atoms with Gasteiger partial charge in [-0.15, -0.1) is 0 Å². The van der Waals surface area contributed by atoms with Crippen LogP contribution in [0.2, 0.25) is 0 Å². The van der Waals surface area contributed by atoms with Gasteiger partial charge in [-0.2, -0.15) is 0 Å². The molecular weight excluding hydrogens is 232 g/mol. The van der Waals surface area contributed by atoms with E-state index in [1.807, 2.05) is 0 Å². The summed E-state index contributed by atoms with van der Waals surface area (Å²) in [7, 11) is 2.20. The van der Waals surface area contributed by atoms with Crippen molar-refractivity contribution in [3.05, 3.63) is 35.4 Å². The lowest BCUT2D eigenvalue weighted by Gasteiger charge is -2.21. The molecule has 0 saturated heterocycles. The van der Waals surface area contributed by atoms with Crippen molar-refractivity contribution in [2.24, 2.45) is 0 Å². The molecule has 108 valence electrons. The Labute approximate surface area is 119 Å². The second kappa shape index (κ2) is 7.66. The molecule has 0 aromatic heterocycles.